The number of benzene rings is 2. The number of nitrogens with two attached hydrogens (primary N) is 1. The fraction of sp³-hybridized carbons (Fsp3) is 0.273. The molecule has 0 radical (unpaired) electrons. The number of anilines is 1. The molecule has 138 valence electrons. The van der Waals surface area contributed by atoms with E-state index in [0.717, 1.165) is 30.6 Å². The Hall–Kier alpha value is -3.08. The first-order chi connectivity index (χ1) is 13.3. The van der Waals surface area contributed by atoms with Crippen molar-refractivity contribution < 1.29 is 0 Å². The molecule has 0 saturated heterocycles. The van der Waals surface area contributed by atoms with Crippen molar-refractivity contribution >= 4 is 11.6 Å². The predicted molar refractivity (Wildman–Crippen MR) is 110 cm³/mol. The molecule has 1 heterocycles. The maximum atomic E-state index is 6.16. The van der Waals surface area contributed by atoms with Gasteiger partial charge in [0.25, 0.3) is 0 Å². The summed E-state index contributed by atoms with van der Waals surface area (Å²) in [5.41, 5.74) is 12.5. The number of fused-ring (bicyclic) bond motifs is 1. The first kappa shape index (κ1) is 17.3. The van der Waals surface area contributed by atoms with Crippen LogP contribution in [0.4, 0.5) is 5.69 Å². The van der Waals surface area contributed by atoms with E-state index >= 15 is 0 Å². The van der Waals surface area contributed by atoms with E-state index in [1.165, 1.54) is 29.5 Å². The molecule has 1 aromatic heterocycles. The van der Waals surface area contributed by atoms with Gasteiger partial charge in [0, 0.05) is 24.6 Å². The maximum absolute atomic E-state index is 6.16. The first-order valence-electron chi connectivity index (χ1n) is 9.49. The number of aryl methyl sites for hydroxylation is 1. The molecule has 0 unspecified atom stereocenters. The minimum absolute atomic E-state index is 0.467. The van der Waals surface area contributed by atoms with Gasteiger partial charge in [-0.15, -0.1) is 0 Å². The fourth-order valence-electron chi connectivity index (χ4n) is 3.67. The second-order valence-corrected chi connectivity index (χ2v) is 7.03. The lowest BCUT2D eigenvalue weighted by atomic mass is 9.90. The summed E-state index contributed by atoms with van der Waals surface area (Å²) in [6, 6.07) is 14.8. The summed E-state index contributed by atoms with van der Waals surface area (Å²) in [6.07, 6.45) is 10.4. The number of hydrogen-bond acceptors (Lipinski definition) is 2. The van der Waals surface area contributed by atoms with E-state index in [2.05, 4.69) is 62.3 Å². The van der Waals surface area contributed by atoms with Crippen LogP contribution in [0.2, 0.25) is 0 Å². The van der Waals surface area contributed by atoms with Gasteiger partial charge in [0.05, 0.1) is 12.9 Å². The molecule has 0 bridgehead atoms. The normalized spacial score (nSPS) is 14.0. The average molecular weight is 359 g/mol. The number of nitrogens with zero attached hydrogens (tertiary/aromatic N) is 3. The molecule has 27 heavy (non-hydrogen) atoms. The third-order valence-corrected chi connectivity index (χ3v) is 5.01. The lowest BCUT2D eigenvalue weighted by molar-refractivity contribution is 0.687. The molecule has 1 aliphatic carbocycles. The van der Waals surface area contributed by atoms with Crippen LogP contribution in [-0.4, -0.2) is 15.5 Å². The molecule has 3 N–H and O–H groups in total. The van der Waals surface area contributed by atoms with Gasteiger partial charge in [0.15, 0.2) is 5.96 Å². The van der Waals surface area contributed by atoms with Crippen molar-refractivity contribution in [1.29, 1.82) is 0 Å². The molecule has 0 aliphatic heterocycles. The Morgan fingerprint density at radius 2 is 1.96 bits per heavy atom. The van der Waals surface area contributed by atoms with E-state index < -0.39 is 0 Å². The minimum atomic E-state index is 0.467. The summed E-state index contributed by atoms with van der Waals surface area (Å²) >= 11 is 0. The number of aromatic nitrogens is 2. The van der Waals surface area contributed by atoms with Crippen molar-refractivity contribution in [2.75, 3.05) is 5.32 Å². The van der Waals surface area contributed by atoms with E-state index in [1.807, 2.05) is 12.5 Å². The molecule has 0 saturated carbocycles. The molecule has 0 atom stereocenters. The number of nitrogens with one attached hydrogen (secondary N) is 1. The smallest absolute Gasteiger partial charge is 0.193 e. The number of hydrogen-bond donors (Lipinski definition) is 2. The van der Waals surface area contributed by atoms with E-state index in [0.29, 0.717) is 12.5 Å². The van der Waals surface area contributed by atoms with Crippen LogP contribution >= 0.6 is 0 Å². The molecule has 2 aromatic carbocycles. The second-order valence-electron chi connectivity index (χ2n) is 7.03. The van der Waals surface area contributed by atoms with E-state index in [-0.39, 0.29) is 0 Å². The topological polar surface area (TPSA) is 68.2 Å². The van der Waals surface area contributed by atoms with Crippen molar-refractivity contribution in [1.82, 2.24) is 9.55 Å². The van der Waals surface area contributed by atoms with E-state index in [4.69, 9.17) is 5.73 Å². The standard InChI is InChI=1S/C22H25N5/c23-22(26-21-10-4-8-19-7-1-2-9-20(19)21)25-14-17-5-3-6-18(13-17)15-27-12-11-24-16-27/h3-6,8,10-13,16H,1-2,7,9,14-15H2,(H3,23,25,26). The van der Waals surface area contributed by atoms with Crippen molar-refractivity contribution in [3.8, 4) is 0 Å². The van der Waals surface area contributed by atoms with Crippen LogP contribution in [0.15, 0.2) is 66.2 Å². The lowest BCUT2D eigenvalue weighted by Gasteiger charge is -2.19. The Morgan fingerprint density at radius 1 is 1.11 bits per heavy atom. The van der Waals surface area contributed by atoms with Gasteiger partial charge in [-0.3, -0.25) is 0 Å². The second kappa shape index (κ2) is 8.08. The van der Waals surface area contributed by atoms with Crippen LogP contribution in [-0.2, 0) is 25.9 Å². The Kier molecular flexibility index (Phi) is 5.19. The van der Waals surface area contributed by atoms with Gasteiger partial charge in [-0.05, 0) is 54.0 Å². The molecule has 1 aliphatic rings. The Balaban J connectivity index is 1.42. The van der Waals surface area contributed by atoms with Crippen LogP contribution in [0.25, 0.3) is 0 Å². The third-order valence-electron chi connectivity index (χ3n) is 5.01. The summed E-state index contributed by atoms with van der Waals surface area (Å²) in [7, 11) is 0. The highest BCUT2D eigenvalue weighted by Crippen LogP contribution is 2.27. The van der Waals surface area contributed by atoms with Crippen LogP contribution in [0.5, 0.6) is 0 Å². The summed E-state index contributed by atoms with van der Waals surface area (Å²) in [5.74, 6) is 0.467. The SMILES string of the molecule is NC(=NCc1cccc(Cn2ccnc2)c1)Nc1cccc2c1CCCC2. The Bertz CT molecular complexity index is 928. The van der Waals surface area contributed by atoms with Crippen molar-refractivity contribution in [2.24, 2.45) is 10.7 Å². The highest BCUT2D eigenvalue weighted by molar-refractivity contribution is 5.93. The largest absolute Gasteiger partial charge is 0.370 e. The molecule has 4 rings (SSSR count). The average Bonchev–Trinajstić information content (AvgIpc) is 3.20. The maximum Gasteiger partial charge on any atom is 0.193 e. The van der Waals surface area contributed by atoms with E-state index in [9.17, 15) is 0 Å². The quantitative estimate of drug-likeness (QED) is 0.539. The van der Waals surface area contributed by atoms with Gasteiger partial charge in [-0.2, -0.15) is 0 Å². The zero-order chi connectivity index (χ0) is 18.5. The summed E-state index contributed by atoms with van der Waals surface area (Å²) in [5, 5.41) is 3.31. The van der Waals surface area contributed by atoms with Crippen LogP contribution in [0.3, 0.4) is 0 Å². The van der Waals surface area contributed by atoms with Gasteiger partial charge in [0.2, 0.25) is 0 Å². The fourth-order valence-corrected chi connectivity index (χ4v) is 3.67. The highest BCUT2D eigenvalue weighted by atomic mass is 15.1. The molecule has 5 heteroatoms. The summed E-state index contributed by atoms with van der Waals surface area (Å²) < 4.78 is 2.05. The molecule has 0 amide bonds. The molecule has 5 nitrogen and oxygen atoms in total. The van der Waals surface area contributed by atoms with Gasteiger partial charge >= 0.3 is 0 Å². The van der Waals surface area contributed by atoms with E-state index in [1.54, 1.807) is 6.20 Å². The summed E-state index contributed by atoms with van der Waals surface area (Å²) in [4.78, 5) is 8.63. The number of guanidine groups is 1. The molecule has 0 fully saturated rings. The van der Waals surface area contributed by atoms with Gasteiger partial charge in [0.1, 0.15) is 0 Å². The van der Waals surface area contributed by atoms with Gasteiger partial charge < -0.3 is 15.6 Å². The monoisotopic (exact) mass is 359 g/mol. The van der Waals surface area contributed by atoms with Crippen molar-refractivity contribution in [2.45, 2.75) is 38.8 Å². The zero-order valence-electron chi connectivity index (χ0n) is 15.4. The van der Waals surface area contributed by atoms with Gasteiger partial charge in [-0.1, -0.05) is 36.4 Å². The van der Waals surface area contributed by atoms with Crippen LogP contribution < -0.4 is 11.1 Å². The number of rotatable bonds is 5. The molecule has 3 aromatic rings. The lowest BCUT2D eigenvalue weighted by Crippen LogP contribution is -2.24. The van der Waals surface area contributed by atoms with Crippen LogP contribution in [0.1, 0.15) is 35.1 Å². The van der Waals surface area contributed by atoms with Crippen LogP contribution in [0, 0.1) is 0 Å². The van der Waals surface area contributed by atoms with Gasteiger partial charge in [-0.25, -0.2) is 9.98 Å². The molecular weight excluding hydrogens is 334 g/mol. The Labute approximate surface area is 160 Å². The first-order valence-corrected chi connectivity index (χ1v) is 9.49. The number of aliphatic imine (C=N–C) groups is 1. The zero-order valence-corrected chi connectivity index (χ0v) is 15.4. The summed E-state index contributed by atoms with van der Waals surface area (Å²) in [6.45, 7) is 1.37. The highest BCUT2D eigenvalue weighted by Gasteiger charge is 2.13. The van der Waals surface area contributed by atoms with Crippen molar-refractivity contribution in [3.05, 3.63) is 83.4 Å². The molecule has 0 spiro atoms. The Morgan fingerprint density at radius 3 is 2.85 bits per heavy atom. The molecular formula is C22H25N5. The number of imidazole rings is 1. The predicted octanol–water partition coefficient (Wildman–Crippen LogP) is 3.74. The third kappa shape index (κ3) is 4.37. The van der Waals surface area contributed by atoms with Crippen molar-refractivity contribution in [3.63, 3.8) is 0 Å². The minimum Gasteiger partial charge on any atom is -0.370 e.